The molecule has 2 aromatic carbocycles. The van der Waals surface area contributed by atoms with Gasteiger partial charge in [0.2, 0.25) is 15.8 Å². The van der Waals surface area contributed by atoms with Gasteiger partial charge in [0.1, 0.15) is 12.4 Å². The molecule has 0 bridgehead atoms. The first-order chi connectivity index (χ1) is 21.3. The number of hydrogen-bond acceptors (Lipinski definition) is 8. The van der Waals surface area contributed by atoms with Crippen LogP contribution in [0.25, 0.3) is 17.2 Å². The quantitative estimate of drug-likeness (QED) is 0.240. The molecule has 6 rings (SSSR count). The number of fused-ring (bicyclic) bond motifs is 1. The van der Waals surface area contributed by atoms with Crippen LogP contribution in [-0.4, -0.2) is 59.8 Å². The third-order valence-electron chi connectivity index (χ3n) is 7.28. The molecule has 1 aliphatic heterocycles. The number of rotatable bonds is 10. The van der Waals surface area contributed by atoms with Crippen LogP contribution in [0.5, 0.6) is 5.75 Å². The van der Waals surface area contributed by atoms with Gasteiger partial charge in [0.15, 0.2) is 17.2 Å². The van der Waals surface area contributed by atoms with Crippen molar-refractivity contribution in [3.05, 3.63) is 106 Å². The molecule has 44 heavy (non-hydrogen) atoms. The fourth-order valence-corrected chi connectivity index (χ4v) is 5.56. The number of nitrogens with zero attached hydrogens (tertiary/aromatic N) is 4. The van der Waals surface area contributed by atoms with E-state index in [9.17, 15) is 17.6 Å². The summed E-state index contributed by atoms with van der Waals surface area (Å²) in [7, 11) is -3.72. The molecule has 11 nitrogen and oxygen atoms in total. The van der Waals surface area contributed by atoms with E-state index in [0.717, 1.165) is 11.1 Å². The normalized spacial score (nSPS) is 13.7. The molecular weight excluding hydrogens is 587 g/mol. The Bertz CT molecular complexity index is 1940. The minimum absolute atomic E-state index is 0.0440. The lowest BCUT2D eigenvalue weighted by molar-refractivity contribution is 0.122. The summed E-state index contributed by atoms with van der Waals surface area (Å²) in [4.78, 5) is 28.7. The van der Waals surface area contributed by atoms with Crippen LogP contribution in [-0.2, 0) is 27.8 Å². The average Bonchev–Trinajstić information content (AvgIpc) is 3.50. The molecule has 0 unspecified atom stereocenters. The molecular formula is C31H31FN6O5S. The highest BCUT2D eigenvalue weighted by Gasteiger charge is 2.24. The smallest absolute Gasteiger partial charge is 0.301 e. The van der Waals surface area contributed by atoms with E-state index in [1.165, 1.54) is 23.5 Å². The Morgan fingerprint density at radius 3 is 2.55 bits per heavy atom. The molecule has 4 heterocycles. The summed E-state index contributed by atoms with van der Waals surface area (Å²) in [5, 5.41) is 0. The van der Waals surface area contributed by atoms with E-state index in [-0.39, 0.29) is 46.8 Å². The van der Waals surface area contributed by atoms with Crippen LogP contribution in [0, 0.1) is 5.82 Å². The van der Waals surface area contributed by atoms with Gasteiger partial charge >= 0.3 is 5.56 Å². The number of anilines is 2. The number of aromatic nitrogens is 4. The highest BCUT2D eigenvalue weighted by molar-refractivity contribution is 7.92. The first-order valence-electron chi connectivity index (χ1n) is 14.2. The molecule has 3 aromatic heterocycles. The lowest BCUT2D eigenvalue weighted by Gasteiger charge is -2.29. The zero-order valence-electron chi connectivity index (χ0n) is 24.0. The van der Waals surface area contributed by atoms with Crippen LogP contribution in [0.3, 0.4) is 0 Å². The van der Waals surface area contributed by atoms with Crippen molar-refractivity contribution >= 4 is 27.0 Å². The van der Waals surface area contributed by atoms with Gasteiger partial charge in [-0.25, -0.2) is 22.8 Å². The van der Waals surface area contributed by atoms with E-state index >= 15 is 0 Å². The zero-order valence-corrected chi connectivity index (χ0v) is 24.8. The molecule has 13 heteroatoms. The van der Waals surface area contributed by atoms with Crippen molar-refractivity contribution in [3.8, 4) is 17.3 Å². The maximum atomic E-state index is 14.2. The number of hydrogen-bond donors (Lipinski definition) is 2. The monoisotopic (exact) mass is 618 g/mol. The second kappa shape index (κ2) is 12.5. The van der Waals surface area contributed by atoms with Crippen LogP contribution < -0.4 is 19.9 Å². The summed E-state index contributed by atoms with van der Waals surface area (Å²) < 4.78 is 54.4. The molecule has 0 atom stereocenters. The van der Waals surface area contributed by atoms with Crippen molar-refractivity contribution in [2.24, 2.45) is 0 Å². The summed E-state index contributed by atoms with van der Waals surface area (Å²) in [5.41, 5.74) is 2.91. The third-order valence-corrected chi connectivity index (χ3v) is 8.57. The Balaban J connectivity index is 1.50. The molecule has 0 aliphatic carbocycles. The third kappa shape index (κ3) is 6.43. The molecule has 2 N–H and O–H groups in total. The van der Waals surface area contributed by atoms with Gasteiger partial charge in [-0.05, 0) is 36.2 Å². The highest BCUT2D eigenvalue weighted by Crippen LogP contribution is 2.30. The van der Waals surface area contributed by atoms with E-state index in [2.05, 4.69) is 14.7 Å². The van der Waals surface area contributed by atoms with Gasteiger partial charge in [-0.3, -0.25) is 13.9 Å². The van der Waals surface area contributed by atoms with E-state index in [1.54, 1.807) is 30.6 Å². The highest BCUT2D eigenvalue weighted by atomic mass is 32.2. The topological polar surface area (TPSA) is 131 Å². The van der Waals surface area contributed by atoms with Crippen LogP contribution >= 0.6 is 0 Å². The van der Waals surface area contributed by atoms with Crippen molar-refractivity contribution < 1.29 is 22.3 Å². The molecule has 228 valence electrons. The van der Waals surface area contributed by atoms with Gasteiger partial charge < -0.3 is 19.4 Å². The maximum Gasteiger partial charge on any atom is 0.301 e. The molecule has 1 aliphatic rings. The molecule has 0 spiro atoms. The predicted octanol–water partition coefficient (Wildman–Crippen LogP) is 3.99. The Morgan fingerprint density at radius 1 is 1.07 bits per heavy atom. The Morgan fingerprint density at radius 2 is 1.82 bits per heavy atom. The van der Waals surface area contributed by atoms with Gasteiger partial charge in [-0.2, -0.15) is 0 Å². The minimum Gasteiger partial charge on any atom is -0.481 e. The van der Waals surface area contributed by atoms with Crippen molar-refractivity contribution in [2.75, 3.05) is 41.7 Å². The number of halogens is 1. The van der Waals surface area contributed by atoms with Crippen LogP contribution in [0.1, 0.15) is 23.7 Å². The average molecular weight is 619 g/mol. The number of pyridine rings is 1. The van der Waals surface area contributed by atoms with Gasteiger partial charge in [-0.1, -0.05) is 42.5 Å². The van der Waals surface area contributed by atoms with E-state index in [0.29, 0.717) is 44.1 Å². The van der Waals surface area contributed by atoms with E-state index in [4.69, 9.17) is 14.5 Å². The standard InChI is InChI=1S/C31H31FN6O5S/c1-2-44(40,41)36-26-17-25(37-12-14-42-15-13-37)19-38-30(26)35-27(28(31(38)39)43-20-22-6-4-3-5-7-22)29-33-18-24(34-29)16-21-8-10-23(32)11-9-21/h3-11,17-19,36H,2,12-16,20H2,1H3,(H,33,34). The number of nitrogens with one attached hydrogen (secondary N) is 2. The van der Waals surface area contributed by atoms with Crippen molar-refractivity contribution in [1.29, 1.82) is 0 Å². The number of H-pyrrole nitrogens is 1. The fourth-order valence-electron chi connectivity index (χ4n) is 4.93. The number of imidazole rings is 1. The van der Waals surface area contributed by atoms with E-state index < -0.39 is 15.6 Å². The second-order valence-electron chi connectivity index (χ2n) is 10.3. The molecule has 0 saturated carbocycles. The summed E-state index contributed by atoms with van der Waals surface area (Å²) in [6, 6.07) is 17.2. The van der Waals surface area contributed by atoms with Crippen molar-refractivity contribution in [3.63, 3.8) is 0 Å². The number of benzene rings is 2. The SMILES string of the molecule is CCS(=O)(=O)Nc1cc(N2CCOCC2)cn2c(=O)c(OCc3ccccc3)c(-c3ncc(Cc4ccc(F)cc4)[nH]3)nc12. The minimum atomic E-state index is -3.72. The molecule has 1 saturated heterocycles. The predicted molar refractivity (Wildman–Crippen MR) is 165 cm³/mol. The summed E-state index contributed by atoms with van der Waals surface area (Å²) in [6.07, 6.45) is 3.69. The van der Waals surface area contributed by atoms with Crippen LogP contribution in [0.15, 0.2) is 77.9 Å². The van der Waals surface area contributed by atoms with Gasteiger partial charge in [0, 0.05) is 37.6 Å². The number of sulfonamides is 1. The fraction of sp³-hybridized carbons (Fsp3) is 0.258. The molecule has 0 radical (unpaired) electrons. The molecule has 0 amide bonds. The molecule has 5 aromatic rings. The van der Waals surface area contributed by atoms with Gasteiger partial charge in [-0.15, -0.1) is 0 Å². The second-order valence-corrected chi connectivity index (χ2v) is 12.4. The zero-order chi connectivity index (χ0) is 30.7. The van der Waals surface area contributed by atoms with Crippen LogP contribution in [0.2, 0.25) is 0 Å². The van der Waals surface area contributed by atoms with E-state index in [1.807, 2.05) is 35.2 Å². The molecule has 1 fully saturated rings. The summed E-state index contributed by atoms with van der Waals surface area (Å²) in [6.45, 7) is 3.79. The Labute approximate surface area is 253 Å². The van der Waals surface area contributed by atoms with Gasteiger partial charge in [0.05, 0.1) is 30.3 Å². The Hall–Kier alpha value is -4.75. The number of aromatic amines is 1. The maximum absolute atomic E-state index is 14.2. The summed E-state index contributed by atoms with van der Waals surface area (Å²) >= 11 is 0. The first-order valence-corrected chi connectivity index (χ1v) is 15.8. The Kier molecular flexibility index (Phi) is 8.31. The van der Waals surface area contributed by atoms with Crippen molar-refractivity contribution in [1.82, 2.24) is 19.4 Å². The number of morpholine rings is 1. The number of ether oxygens (including phenoxy) is 2. The summed E-state index contributed by atoms with van der Waals surface area (Å²) in [5.74, 6) is -0.267. The van der Waals surface area contributed by atoms with Gasteiger partial charge in [0.25, 0.3) is 0 Å². The lowest BCUT2D eigenvalue weighted by Crippen LogP contribution is -2.36. The van der Waals surface area contributed by atoms with Crippen molar-refractivity contribution in [2.45, 2.75) is 20.0 Å². The first kappa shape index (κ1) is 29.3. The van der Waals surface area contributed by atoms with Crippen LogP contribution in [0.4, 0.5) is 15.8 Å². The largest absolute Gasteiger partial charge is 0.481 e. The lowest BCUT2D eigenvalue weighted by atomic mass is 10.1.